The van der Waals surface area contributed by atoms with Gasteiger partial charge in [0.05, 0.1) is 0 Å². The quantitative estimate of drug-likeness (QED) is 0.337. The number of nitrogens with zero attached hydrogens (tertiary/aromatic N) is 1. The maximum Gasteiger partial charge on any atom is 0.0496 e. The fourth-order valence-electron chi connectivity index (χ4n) is 0.721. The Labute approximate surface area is 48.4 Å². The van der Waals surface area contributed by atoms with Crippen LogP contribution in [-0.2, 0) is 0 Å². The van der Waals surface area contributed by atoms with Crippen LogP contribution in [0.3, 0.4) is 0 Å². The maximum atomic E-state index is 9.45. The van der Waals surface area contributed by atoms with E-state index in [1.165, 1.54) is 12.8 Å². The summed E-state index contributed by atoms with van der Waals surface area (Å²) in [6.07, 6.45) is 3.81. The lowest BCUT2D eigenvalue weighted by atomic mass is 10.3. The average molecular weight is 114 g/mol. The molecule has 0 aliphatic heterocycles. The van der Waals surface area contributed by atoms with Gasteiger partial charge in [0.25, 0.3) is 0 Å². The molecular formula is C5H10N2O. The second-order valence-corrected chi connectivity index (χ2v) is 2.23. The van der Waals surface area contributed by atoms with E-state index >= 15 is 0 Å². The van der Waals surface area contributed by atoms with Crippen molar-refractivity contribution in [2.45, 2.75) is 19.3 Å². The molecule has 0 aromatic rings. The van der Waals surface area contributed by atoms with Gasteiger partial charge >= 0.3 is 0 Å². The summed E-state index contributed by atoms with van der Waals surface area (Å²) in [5.41, 5.74) is 2.39. The zero-order valence-corrected chi connectivity index (χ0v) is 4.76. The molecule has 46 valence electrons. The highest BCUT2D eigenvalue weighted by Crippen LogP contribution is 2.31. The molecule has 0 saturated heterocycles. The molecule has 1 saturated carbocycles. The van der Waals surface area contributed by atoms with Crippen LogP contribution in [0.5, 0.6) is 0 Å². The van der Waals surface area contributed by atoms with E-state index in [-0.39, 0.29) is 0 Å². The first-order valence-electron chi connectivity index (χ1n) is 2.98. The molecule has 0 aromatic heterocycles. The Bertz CT molecular complexity index is 80.5. The van der Waals surface area contributed by atoms with Crippen LogP contribution >= 0.6 is 0 Å². The van der Waals surface area contributed by atoms with Crippen molar-refractivity contribution >= 4 is 0 Å². The summed E-state index contributed by atoms with van der Waals surface area (Å²) < 4.78 is 0. The first-order valence-corrected chi connectivity index (χ1v) is 2.98. The van der Waals surface area contributed by atoms with E-state index in [1.807, 2.05) is 0 Å². The van der Waals surface area contributed by atoms with E-state index in [0.29, 0.717) is 0 Å². The normalized spacial score (nSPS) is 18.0. The first-order chi connectivity index (χ1) is 3.93. The SMILES string of the molecule is O=NNCCC1CC1. The van der Waals surface area contributed by atoms with Crippen molar-refractivity contribution in [3.8, 4) is 0 Å². The van der Waals surface area contributed by atoms with E-state index in [1.54, 1.807) is 0 Å². The Balaban J connectivity index is 1.80. The van der Waals surface area contributed by atoms with Crippen LogP contribution in [0.2, 0.25) is 0 Å². The molecule has 1 fully saturated rings. The molecule has 1 N–H and O–H groups in total. The molecular weight excluding hydrogens is 104 g/mol. The van der Waals surface area contributed by atoms with Gasteiger partial charge in [-0.2, -0.15) is 0 Å². The van der Waals surface area contributed by atoms with Crippen molar-refractivity contribution in [3.05, 3.63) is 4.91 Å². The molecule has 8 heavy (non-hydrogen) atoms. The molecule has 1 aliphatic carbocycles. The van der Waals surface area contributed by atoms with Gasteiger partial charge in [-0.05, 0) is 12.3 Å². The Morgan fingerprint density at radius 2 is 2.38 bits per heavy atom. The Morgan fingerprint density at radius 3 is 2.88 bits per heavy atom. The second kappa shape index (κ2) is 2.64. The molecule has 0 unspecified atom stereocenters. The number of hydrogen-bond acceptors (Lipinski definition) is 2. The third-order valence-electron chi connectivity index (χ3n) is 1.43. The summed E-state index contributed by atoms with van der Waals surface area (Å²) in [6.45, 7) is 0.758. The number of rotatable bonds is 4. The zero-order valence-electron chi connectivity index (χ0n) is 4.76. The van der Waals surface area contributed by atoms with Gasteiger partial charge in [0.2, 0.25) is 0 Å². The van der Waals surface area contributed by atoms with Gasteiger partial charge in [0, 0.05) is 11.8 Å². The Morgan fingerprint density at radius 1 is 1.62 bits per heavy atom. The molecule has 1 rings (SSSR count). The summed E-state index contributed by atoms with van der Waals surface area (Å²) in [4.78, 5) is 9.45. The topological polar surface area (TPSA) is 41.5 Å². The summed E-state index contributed by atoms with van der Waals surface area (Å²) in [5.74, 6) is 0.893. The van der Waals surface area contributed by atoms with Gasteiger partial charge in [-0.3, -0.25) is 5.43 Å². The van der Waals surface area contributed by atoms with E-state index in [4.69, 9.17) is 0 Å². The summed E-state index contributed by atoms with van der Waals surface area (Å²) in [7, 11) is 0. The summed E-state index contributed by atoms with van der Waals surface area (Å²) in [5, 5.41) is 2.54. The van der Waals surface area contributed by atoms with Crippen LogP contribution in [0.15, 0.2) is 5.29 Å². The molecule has 0 heterocycles. The Kier molecular flexibility index (Phi) is 1.83. The van der Waals surface area contributed by atoms with Crippen LogP contribution in [0, 0.1) is 10.8 Å². The molecule has 0 atom stereocenters. The van der Waals surface area contributed by atoms with Crippen LogP contribution in [0.4, 0.5) is 0 Å². The third kappa shape index (κ3) is 1.91. The molecule has 0 aromatic carbocycles. The fourth-order valence-corrected chi connectivity index (χ4v) is 0.721. The predicted octanol–water partition coefficient (Wildman–Crippen LogP) is 1.06. The van der Waals surface area contributed by atoms with E-state index in [2.05, 4.69) is 10.7 Å². The lowest BCUT2D eigenvalue weighted by molar-refractivity contribution is 0.633. The predicted molar refractivity (Wildman–Crippen MR) is 31.1 cm³/mol. The van der Waals surface area contributed by atoms with Gasteiger partial charge in [0.15, 0.2) is 0 Å². The smallest absolute Gasteiger partial charge is 0.0496 e. The van der Waals surface area contributed by atoms with Gasteiger partial charge in [0.1, 0.15) is 0 Å². The summed E-state index contributed by atoms with van der Waals surface area (Å²) >= 11 is 0. The maximum absolute atomic E-state index is 9.45. The van der Waals surface area contributed by atoms with E-state index < -0.39 is 0 Å². The van der Waals surface area contributed by atoms with Gasteiger partial charge in [-0.15, -0.1) is 4.91 Å². The van der Waals surface area contributed by atoms with Crippen LogP contribution in [0.1, 0.15) is 19.3 Å². The average Bonchev–Trinajstić information content (AvgIpc) is 2.51. The van der Waals surface area contributed by atoms with Gasteiger partial charge in [-0.25, -0.2) is 0 Å². The van der Waals surface area contributed by atoms with Crippen LogP contribution in [-0.4, -0.2) is 6.54 Å². The molecule has 0 amide bonds. The largest absolute Gasteiger partial charge is 0.274 e. The van der Waals surface area contributed by atoms with Crippen molar-refractivity contribution in [2.24, 2.45) is 11.2 Å². The highest BCUT2D eigenvalue weighted by Gasteiger charge is 2.19. The highest BCUT2D eigenvalue weighted by atomic mass is 16.3. The van der Waals surface area contributed by atoms with Gasteiger partial charge in [-0.1, -0.05) is 12.8 Å². The van der Waals surface area contributed by atoms with Crippen LogP contribution in [0.25, 0.3) is 0 Å². The number of hydrogen-bond donors (Lipinski definition) is 1. The van der Waals surface area contributed by atoms with Crippen molar-refractivity contribution in [2.75, 3.05) is 6.54 Å². The van der Waals surface area contributed by atoms with E-state index in [0.717, 1.165) is 18.9 Å². The van der Waals surface area contributed by atoms with Gasteiger partial charge < -0.3 is 0 Å². The Hall–Kier alpha value is -0.600. The van der Waals surface area contributed by atoms with Crippen molar-refractivity contribution < 1.29 is 0 Å². The monoisotopic (exact) mass is 114 g/mol. The minimum atomic E-state index is 0.758. The number of nitroso groups, excluding NO2 is 1. The van der Waals surface area contributed by atoms with Crippen LogP contribution < -0.4 is 5.43 Å². The molecule has 0 bridgehead atoms. The van der Waals surface area contributed by atoms with E-state index in [9.17, 15) is 4.91 Å². The third-order valence-corrected chi connectivity index (χ3v) is 1.43. The first kappa shape index (κ1) is 5.54. The highest BCUT2D eigenvalue weighted by molar-refractivity contribution is 4.72. The standard InChI is InChI=1S/C5H10N2O/c8-7-6-4-3-5-1-2-5/h5H,1-4H2,(H,6,8). The minimum absolute atomic E-state index is 0.758. The lowest BCUT2D eigenvalue weighted by Gasteiger charge is -1.91. The van der Waals surface area contributed by atoms with Crippen molar-refractivity contribution in [1.82, 2.24) is 5.43 Å². The molecule has 0 radical (unpaired) electrons. The van der Waals surface area contributed by atoms with Crippen molar-refractivity contribution in [3.63, 3.8) is 0 Å². The molecule has 3 nitrogen and oxygen atoms in total. The minimum Gasteiger partial charge on any atom is -0.274 e. The molecule has 0 spiro atoms. The summed E-state index contributed by atoms with van der Waals surface area (Å²) in [6, 6.07) is 0. The zero-order chi connectivity index (χ0) is 5.82. The number of nitrogens with one attached hydrogen (secondary N) is 1. The fraction of sp³-hybridized carbons (Fsp3) is 1.00. The molecule has 1 aliphatic rings. The second-order valence-electron chi connectivity index (χ2n) is 2.23. The lowest BCUT2D eigenvalue weighted by Crippen LogP contribution is -2.05. The van der Waals surface area contributed by atoms with Crippen molar-refractivity contribution in [1.29, 1.82) is 0 Å². The molecule has 3 heteroatoms.